The van der Waals surface area contributed by atoms with Crippen LogP contribution in [0.5, 0.6) is 0 Å². The van der Waals surface area contributed by atoms with Gasteiger partial charge in [0.1, 0.15) is 6.61 Å². The number of esters is 1. The van der Waals surface area contributed by atoms with Gasteiger partial charge in [0.2, 0.25) is 0 Å². The fraction of sp³-hybridized carbons (Fsp3) is 0.167. The summed E-state index contributed by atoms with van der Waals surface area (Å²) in [6.45, 7) is 1.68. The second kappa shape index (κ2) is 6.38. The highest BCUT2D eigenvalue weighted by Gasteiger charge is 2.29. The highest BCUT2D eigenvalue weighted by Crippen LogP contribution is 2.30. The molecule has 5 heteroatoms. The summed E-state index contributed by atoms with van der Waals surface area (Å²) in [4.78, 5) is 36.7. The van der Waals surface area contributed by atoms with E-state index in [4.69, 9.17) is 4.74 Å². The van der Waals surface area contributed by atoms with Crippen LogP contribution in [0.25, 0.3) is 0 Å². The molecule has 1 aliphatic carbocycles. The first-order valence-corrected chi connectivity index (χ1v) is 8.15. The van der Waals surface area contributed by atoms with Gasteiger partial charge in [0.05, 0.1) is 0 Å². The van der Waals surface area contributed by atoms with Gasteiger partial charge in [0, 0.05) is 39.8 Å². The molecule has 0 aliphatic heterocycles. The number of ether oxygens (including phenoxy) is 1. The molecule has 0 atom stereocenters. The van der Waals surface area contributed by atoms with Crippen LogP contribution in [0.15, 0.2) is 47.4 Å². The normalized spacial score (nSPS) is 12.6. The predicted octanol–water partition coefficient (Wildman–Crippen LogP) is 3.12. The lowest BCUT2D eigenvalue weighted by molar-refractivity contribution is -0.140. The molecule has 0 saturated heterocycles. The first-order valence-electron chi connectivity index (χ1n) is 7.16. The van der Waals surface area contributed by atoms with Crippen molar-refractivity contribution in [2.75, 3.05) is 12.4 Å². The molecular formula is C18H14O4S. The number of hydrogen-bond acceptors (Lipinski definition) is 5. The van der Waals surface area contributed by atoms with E-state index in [0.717, 1.165) is 4.90 Å². The van der Waals surface area contributed by atoms with Crippen LogP contribution in [0, 0.1) is 0 Å². The third kappa shape index (κ3) is 3.05. The van der Waals surface area contributed by atoms with Gasteiger partial charge in [0.25, 0.3) is 0 Å². The predicted molar refractivity (Wildman–Crippen MR) is 87.1 cm³/mol. The van der Waals surface area contributed by atoms with Gasteiger partial charge < -0.3 is 4.74 Å². The van der Waals surface area contributed by atoms with Crippen LogP contribution in [0.4, 0.5) is 0 Å². The maximum atomic E-state index is 12.6. The topological polar surface area (TPSA) is 60.4 Å². The molecule has 4 nitrogen and oxygen atoms in total. The zero-order valence-corrected chi connectivity index (χ0v) is 13.3. The summed E-state index contributed by atoms with van der Waals surface area (Å²) in [6, 6.07) is 12.1. The Bertz CT molecular complexity index is 810. The lowest BCUT2D eigenvalue weighted by Gasteiger charge is -2.17. The van der Waals surface area contributed by atoms with Crippen LogP contribution >= 0.6 is 11.8 Å². The molecule has 0 spiro atoms. The van der Waals surface area contributed by atoms with Gasteiger partial charge in [-0.2, -0.15) is 0 Å². The fourth-order valence-corrected chi connectivity index (χ4v) is 3.28. The van der Waals surface area contributed by atoms with Crippen molar-refractivity contribution in [2.45, 2.75) is 11.8 Å². The lowest BCUT2D eigenvalue weighted by Crippen LogP contribution is -2.20. The summed E-state index contributed by atoms with van der Waals surface area (Å²) in [6.07, 6.45) is 0. The van der Waals surface area contributed by atoms with Crippen molar-refractivity contribution in [1.82, 2.24) is 0 Å². The zero-order chi connectivity index (χ0) is 16.4. The SMILES string of the molecule is CC(=O)OCCSc1ccc2c(c1)C(=O)c1ccccc1C2=O. The maximum absolute atomic E-state index is 12.6. The van der Waals surface area contributed by atoms with Crippen LogP contribution in [0.1, 0.15) is 38.8 Å². The van der Waals surface area contributed by atoms with E-state index < -0.39 is 0 Å². The maximum Gasteiger partial charge on any atom is 0.302 e. The Morgan fingerprint density at radius 3 is 2.22 bits per heavy atom. The van der Waals surface area contributed by atoms with E-state index in [1.807, 2.05) is 6.07 Å². The molecule has 0 bridgehead atoms. The number of ketones is 2. The molecule has 0 radical (unpaired) electrons. The summed E-state index contributed by atoms with van der Waals surface area (Å²) >= 11 is 1.48. The minimum atomic E-state index is -0.312. The number of rotatable bonds is 4. The molecule has 23 heavy (non-hydrogen) atoms. The summed E-state index contributed by atoms with van der Waals surface area (Å²) in [5, 5.41) is 0. The summed E-state index contributed by atoms with van der Waals surface area (Å²) in [5.74, 6) is 0.0367. The van der Waals surface area contributed by atoms with E-state index in [-0.39, 0.29) is 17.5 Å². The molecule has 0 heterocycles. The molecule has 0 unspecified atom stereocenters. The summed E-state index contributed by atoms with van der Waals surface area (Å²) in [5.41, 5.74) is 1.79. The van der Waals surface area contributed by atoms with Gasteiger partial charge >= 0.3 is 5.97 Å². The third-order valence-corrected chi connectivity index (χ3v) is 4.51. The Morgan fingerprint density at radius 2 is 1.57 bits per heavy atom. The number of benzene rings is 2. The lowest BCUT2D eigenvalue weighted by atomic mass is 9.84. The average molecular weight is 326 g/mol. The zero-order valence-electron chi connectivity index (χ0n) is 12.5. The third-order valence-electron chi connectivity index (χ3n) is 3.55. The summed E-state index contributed by atoms with van der Waals surface area (Å²) < 4.78 is 4.88. The molecular weight excluding hydrogens is 312 g/mol. The molecule has 3 rings (SSSR count). The Hall–Kier alpha value is -2.40. The molecule has 0 fully saturated rings. The summed E-state index contributed by atoms with van der Waals surface area (Å²) in [7, 11) is 0. The first-order chi connectivity index (χ1) is 11.1. The molecule has 2 aromatic rings. The second-order valence-corrected chi connectivity index (χ2v) is 6.27. The van der Waals surface area contributed by atoms with Crippen molar-refractivity contribution in [1.29, 1.82) is 0 Å². The van der Waals surface area contributed by atoms with Gasteiger partial charge in [-0.1, -0.05) is 24.3 Å². The van der Waals surface area contributed by atoms with Crippen molar-refractivity contribution >= 4 is 29.3 Å². The monoisotopic (exact) mass is 326 g/mol. The van der Waals surface area contributed by atoms with Crippen molar-refractivity contribution < 1.29 is 19.1 Å². The Morgan fingerprint density at radius 1 is 0.957 bits per heavy atom. The largest absolute Gasteiger partial charge is 0.465 e. The highest BCUT2D eigenvalue weighted by molar-refractivity contribution is 7.99. The van der Waals surface area contributed by atoms with E-state index in [0.29, 0.717) is 34.6 Å². The van der Waals surface area contributed by atoms with E-state index in [2.05, 4.69) is 0 Å². The quantitative estimate of drug-likeness (QED) is 0.419. The van der Waals surface area contributed by atoms with Crippen molar-refractivity contribution in [3.8, 4) is 0 Å². The van der Waals surface area contributed by atoms with Crippen LogP contribution in [0.2, 0.25) is 0 Å². The van der Waals surface area contributed by atoms with Crippen molar-refractivity contribution in [3.63, 3.8) is 0 Å². The number of fused-ring (bicyclic) bond motifs is 2. The van der Waals surface area contributed by atoms with Crippen molar-refractivity contribution in [2.24, 2.45) is 0 Å². The van der Waals surface area contributed by atoms with Gasteiger partial charge in [-0.05, 0) is 18.2 Å². The average Bonchev–Trinajstić information content (AvgIpc) is 2.56. The van der Waals surface area contributed by atoms with Crippen molar-refractivity contribution in [3.05, 3.63) is 64.7 Å². The molecule has 116 valence electrons. The van der Waals surface area contributed by atoms with Gasteiger partial charge in [-0.15, -0.1) is 11.8 Å². The van der Waals surface area contributed by atoms with E-state index in [9.17, 15) is 14.4 Å². The highest BCUT2D eigenvalue weighted by atomic mass is 32.2. The van der Waals surface area contributed by atoms with Gasteiger partial charge in [-0.3, -0.25) is 14.4 Å². The first kappa shape index (κ1) is 15.5. The molecule has 2 aromatic carbocycles. The molecule has 0 N–H and O–H groups in total. The number of carbonyl (C=O) groups is 3. The van der Waals surface area contributed by atoms with E-state index >= 15 is 0 Å². The number of thioether (sulfide) groups is 1. The Kier molecular flexibility index (Phi) is 4.30. The molecule has 0 amide bonds. The smallest absolute Gasteiger partial charge is 0.302 e. The standard InChI is InChI=1S/C18H14O4S/c1-11(19)22-8-9-23-12-6-7-15-16(10-12)18(21)14-5-3-2-4-13(14)17(15)20/h2-7,10H,8-9H2,1H3. The van der Waals surface area contributed by atoms with Crippen LogP contribution in [0.3, 0.4) is 0 Å². The number of hydrogen-bond donors (Lipinski definition) is 0. The number of carbonyl (C=O) groups excluding carboxylic acids is 3. The minimum absolute atomic E-state index is 0.119. The van der Waals surface area contributed by atoms with Gasteiger partial charge in [-0.25, -0.2) is 0 Å². The van der Waals surface area contributed by atoms with Crippen LogP contribution in [-0.2, 0) is 9.53 Å². The van der Waals surface area contributed by atoms with Crippen LogP contribution in [-0.4, -0.2) is 29.9 Å². The Balaban J connectivity index is 1.84. The van der Waals surface area contributed by atoms with Gasteiger partial charge in [0.15, 0.2) is 11.6 Å². The molecule has 0 saturated carbocycles. The van der Waals surface area contributed by atoms with Crippen LogP contribution < -0.4 is 0 Å². The fourth-order valence-electron chi connectivity index (χ4n) is 2.51. The molecule has 1 aliphatic rings. The van der Waals surface area contributed by atoms with E-state index in [1.54, 1.807) is 36.4 Å². The second-order valence-electron chi connectivity index (χ2n) is 5.10. The Labute approximate surface area is 137 Å². The van der Waals surface area contributed by atoms with E-state index in [1.165, 1.54) is 18.7 Å². The minimum Gasteiger partial charge on any atom is -0.465 e. The molecule has 0 aromatic heterocycles.